The van der Waals surface area contributed by atoms with Crippen LogP contribution in [0.15, 0.2) is 158 Å². The van der Waals surface area contributed by atoms with Gasteiger partial charge in [0.1, 0.15) is 0 Å². The Labute approximate surface area is 246 Å². The average Bonchev–Trinajstić information content (AvgIpc) is 3.56. The van der Waals surface area contributed by atoms with Crippen LogP contribution in [-0.4, -0.2) is 9.13 Å². The number of hydrogen-bond acceptors (Lipinski definition) is 0. The molecule has 0 aliphatic carbocycles. The van der Waals surface area contributed by atoms with Crippen molar-refractivity contribution in [3.63, 3.8) is 0 Å². The van der Waals surface area contributed by atoms with Crippen molar-refractivity contribution < 1.29 is 2.74 Å². The standard InChI is InChI=1S/C40H26N2/c1-2-10-27(11-3-1)29-18-21-31(22-19-29)41-35-16-8-6-14-33(35)39-37(41)24-25-38-40(39)34-15-7-9-17-36(34)42(38)32-23-20-28-12-4-5-13-30(28)26-32/h1-26H/i8D,9D. The number of hydrogen-bond donors (Lipinski definition) is 0. The molecule has 42 heavy (non-hydrogen) atoms. The lowest BCUT2D eigenvalue weighted by molar-refractivity contribution is 1.17. The largest absolute Gasteiger partial charge is 0.309 e. The zero-order valence-electron chi connectivity index (χ0n) is 24.8. The Balaban J connectivity index is 1.37. The summed E-state index contributed by atoms with van der Waals surface area (Å²) in [6.45, 7) is 0. The van der Waals surface area contributed by atoms with Gasteiger partial charge in [-0.3, -0.25) is 0 Å². The number of rotatable bonds is 3. The first-order valence-corrected chi connectivity index (χ1v) is 14.3. The van der Waals surface area contributed by atoms with Crippen LogP contribution in [0.1, 0.15) is 2.74 Å². The van der Waals surface area contributed by atoms with Gasteiger partial charge < -0.3 is 9.13 Å². The Hall–Kier alpha value is -5.60. The van der Waals surface area contributed by atoms with E-state index < -0.39 is 0 Å². The van der Waals surface area contributed by atoms with E-state index in [9.17, 15) is 0 Å². The number of benzene rings is 7. The SMILES string of the molecule is [2H]c1ccc2c3c4c5ccc([2H])cc5n(-c5ccc6ccccc6c5)c4ccc3n(-c3ccc(-c4ccccc4)cc3)c2c1. The van der Waals surface area contributed by atoms with Crippen LogP contribution >= 0.6 is 0 Å². The maximum atomic E-state index is 8.52. The van der Waals surface area contributed by atoms with Crippen molar-refractivity contribution in [3.8, 4) is 22.5 Å². The normalized spacial score (nSPS) is 12.5. The molecule has 2 aromatic heterocycles. The highest BCUT2D eigenvalue weighted by Crippen LogP contribution is 2.42. The maximum Gasteiger partial charge on any atom is 0.0623 e. The molecular formula is C40H26N2. The molecule has 9 aromatic rings. The van der Waals surface area contributed by atoms with Crippen molar-refractivity contribution in [2.45, 2.75) is 0 Å². The molecule has 9 rings (SSSR count). The van der Waals surface area contributed by atoms with Crippen molar-refractivity contribution in [2.24, 2.45) is 0 Å². The summed E-state index contributed by atoms with van der Waals surface area (Å²) in [6, 6.07) is 51.4. The minimum atomic E-state index is 0.483. The second-order valence-corrected chi connectivity index (χ2v) is 10.9. The number of fused-ring (bicyclic) bond motifs is 8. The summed E-state index contributed by atoms with van der Waals surface area (Å²) in [7, 11) is 0. The van der Waals surface area contributed by atoms with Crippen LogP contribution in [0, 0.1) is 0 Å². The predicted octanol–water partition coefficient (Wildman–Crippen LogP) is 10.7. The fourth-order valence-electron chi connectivity index (χ4n) is 6.70. The highest BCUT2D eigenvalue weighted by molar-refractivity contribution is 6.28. The van der Waals surface area contributed by atoms with Gasteiger partial charge in [0.15, 0.2) is 0 Å². The molecule has 7 aromatic carbocycles. The lowest BCUT2D eigenvalue weighted by atomic mass is 10.1. The van der Waals surface area contributed by atoms with Crippen LogP contribution in [0.5, 0.6) is 0 Å². The van der Waals surface area contributed by atoms with Crippen LogP contribution in [0.4, 0.5) is 0 Å². The van der Waals surface area contributed by atoms with E-state index in [0.29, 0.717) is 12.1 Å². The minimum Gasteiger partial charge on any atom is -0.309 e. The van der Waals surface area contributed by atoms with Gasteiger partial charge in [-0.05, 0) is 70.4 Å². The Morgan fingerprint density at radius 2 is 0.929 bits per heavy atom. The summed E-state index contributed by atoms with van der Waals surface area (Å²) >= 11 is 0. The summed E-state index contributed by atoms with van der Waals surface area (Å²) in [6.07, 6.45) is 0. The lowest BCUT2D eigenvalue weighted by Crippen LogP contribution is -1.95. The van der Waals surface area contributed by atoms with Gasteiger partial charge >= 0.3 is 0 Å². The molecule has 2 nitrogen and oxygen atoms in total. The summed E-state index contributed by atoms with van der Waals surface area (Å²) in [5.41, 5.74) is 8.70. The maximum absolute atomic E-state index is 8.52. The first-order valence-electron chi connectivity index (χ1n) is 15.3. The monoisotopic (exact) mass is 536 g/mol. The van der Waals surface area contributed by atoms with Crippen LogP contribution in [0.3, 0.4) is 0 Å². The topological polar surface area (TPSA) is 9.86 Å². The van der Waals surface area contributed by atoms with Crippen molar-refractivity contribution in [3.05, 3.63) is 158 Å². The van der Waals surface area contributed by atoms with Gasteiger partial charge in [0, 0.05) is 32.9 Å². The van der Waals surface area contributed by atoms with Crippen LogP contribution in [0.25, 0.3) is 76.9 Å². The first kappa shape index (κ1) is 21.2. The molecule has 0 aliphatic heterocycles. The third-order valence-corrected chi connectivity index (χ3v) is 8.57. The summed E-state index contributed by atoms with van der Waals surface area (Å²) in [4.78, 5) is 0. The average molecular weight is 537 g/mol. The number of para-hydroxylation sites is 2. The van der Waals surface area contributed by atoms with E-state index >= 15 is 0 Å². The Bertz CT molecular complexity index is 2560. The molecule has 0 atom stereocenters. The predicted molar refractivity (Wildman–Crippen MR) is 178 cm³/mol. The van der Waals surface area contributed by atoms with E-state index in [4.69, 9.17) is 2.74 Å². The zero-order chi connectivity index (χ0) is 29.4. The van der Waals surface area contributed by atoms with Gasteiger partial charge in [-0.25, -0.2) is 0 Å². The van der Waals surface area contributed by atoms with Gasteiger partial charge in [0.25, 0.3) is 0 Å². The van der Waals surface area contributed by atoms with E-state index in [2.05, 4.69) is 124 Å². The van der Waals surface area contributed by atoms with E-state index in [1.165, 1.54) is 21.9 Å². The molecule has 0 bridgehead atoms. The van der Waals surface area contributed by atoms with E-state index in [-0.39, 0.29) is 0 Å². The second kappa shape index (κ2) is 8.95. The molecule has 0 aliphatic rings. The molecule has 2 heteroatoms. The Morgan fingerprint density at radius 1 is 0.381 bits per heavy atom. The minimum absolute atomic E-state index is 0.483. The zero-order valence-corrected chi connectivity index (χ0v) is 22.8. The molecule has 196 valence electrons. The molecule has 0 radical (unpaired) electrons. The first-order chi connectivity index (χ1) is 21.6. The highest BCUT2D eigenvalue weighted by Gasteiger charge is 2.20. The van der Waals surface area contributed by atoms with Crippen LogP contribution in [0.2, 0.25) is 0 Å². The lowest BCUT2D eigenvalue weighted by Gasteiger charge is -2.11. The van der Waals surface area contributed by atoms with Crippen molar-refractivity contribution in [1.29, 1.82) is 0 Å². The Morgan fingerprint density at radius 3 is 1.60 bits per heavy atom. The Kier molecular flexibility index (Phi) is 4.52. The highest BCUT2D eigenvalue weighted by atomic mass is 15.0. The molecule has 0 N–H and O–H groups in total. The van der Waals surface area contributed by atoms with Crippen LogP contribution < -0.4 is 0 Å². The molecule has 0 spiro atoms. The fourth-order valence-corrected chi connectivity index (χ4v) is 6.70. The number of aromatic nitrogens is 2. The smallest absolute Gasteiger partial charge is 0.0623 e. The van der Waals surface area contributed by atoms with Gasteiger partial charge in [-0.1, -0.05) is 109 Å². The van der Waals surface area contributed by atoms with E-state index in [1.54, 1.807) is 0 Å². The second-order valence-electron chi connectivity index (χ2n) is 10.9. The van der Waals surface area contributed by atoms with Crippen molar-refractivity contribution >= 4 is 54.4 Å². The molecule has 0 fully saturated rings. The third-order valence-electron chi connectivity index (χ3n) is 8.57. The van der Waals surface area contributed by atoms with Crippen molar-refractivity contribution in [1.82, 2.24) is 9.13 Å². The molecular weight excluding hydrogens is 508 g/mol. The van der Waals surface area contributed by atoms with Crippen LogP contribution in [-0.2, 0) is 0 Å². The summed E-state index contributed by atoms with van der Waals surface area (Å²) in [5.74, 6) is 0. The molecule has 0 saturated carbocycles. The quantitative estimate of drug-likeness (QED) is 0.213. The molecule has 2 heterocycles. The van der Waals surface area contributed by atoms with Gasteiger partial charge in [-0.15, -0.1) is 0 Å². The van der Waals surface area contributed by atoms with Gasteiger partial charge in [0.05, 0.1) is 24.8 Å². The molecule has 0 unspecified atom stereocenters. The van der Waals surface area contributed by atoms with Gasteiger partial charge in [-0.2, -0.15) is 0 Å². The molecule has 0 saturated heterocycles. The van der Waals surface area contributed by atoms with Gasteiger partial charge in [0.2, 0.25) is 0 Å². The number of nitrogens with zero attached hydrogens (tertiary/aromatic N) is 2. The fraction of sp³-hybridized carbons (Fsp3) is 0. The van der Waals surface area contributed by atoms with Crippen molar-refractivity contribution in [2.75, 3.05) is 0 Å². The third kappa shape index (κ3) is 3.33. The van der Waals surface area contributed by atoms with E-state index in [0.717, 1.165) is 55.0 Å². The summed E-state index contributed by atoms with van der Waals surface area (Å²) in [5, 5.41) is 6.93. The molecule has 0 amide bonds. The summed E-state index contributed by atoms with van der Waals surface area (Å²) < 4.78 is 21.6. The van der Waals surface area contributed by atoms with E-state index in [1.807, 2.05) is 30.3 Å².